The SMILES string of the molecule is CCOc1cc(/C=N/NC(=O)c2cccc(Br)c2)ccc1Oc1ccc(C(F)(F)F)cc1[N+](=O)[O-]. The second kappa shape index (κ2) is 11.0. The highest BCUT2D eigenvalue weighted by atomic mass is 79.9. The number of amides is 1. The van der Waals surface area contributed by atoms with Gasteiger partial charge in [0.15, 0.2) is 11.5 Å². The molecular weight excluding hydrogens is 535 g/mol. The molecule has 0 saturated heterocycles. The van der Waals surface area contributed by atoms with Crippen molar-refractivity contribution in [3.63, 3.8) is 0 Å². The summed E-state index contributed by atoms with van der Waals surface area (Å²) in [7, 11) is 0. The Morgan fingerprint density at radius 1 is 1.11 bits per heavy atom. The minimum atomic E-state index is -4.74. The Bertz CT molecular complexity index is 1280. The van der Waals surface area contributed by atoms with E-state index in [1.54, 1.807) is 31.2 Å². The van der Waals surface area contributed by atoms with E-state index in [2.05, 4.69) is 26.5 Å². The average Bonchev–Trinajstić information content (AvgIpc) is 2.80. The molecule has 0 aliphatic heterocycles. The van der Waals surface area contributed by atoms with Gasteiger partial charge in [-0.05, 0) is 61.0 Å². The van der Waals surface area contributed by atoms with Crippen LogP contribution in [-0.4, -0.2) is 23.7 Å². The van der Waals surface area contributed by atoms with Gasteiger partial charge in [0.2, 0.25) is 5.75 Å². The van der Waals surface area contributed by atoms with E-state index in [1.165, 1.54) is 24.4 Å². The van der Waals surface area contributed by atoms with Crippen molar-refractivity contribution in [2.45, 2.75) is 13.1 Å². The van der Waals surface area contributed by atoms with E-state index in [1.807, 2.05) is 0 Å². The van der Waals surface area contributed by atoms with Crippen LogP contribution in [0.4, 0.5) is 18.9 Å². The van der Waals surface area contributed by atoms with E-state index in [0.29, 0.717) is 23.3 Å². The van der Waals surface area contributed by atoms with E-state index in [9.17, 15) is 28.1 Å². The number of nitrogens with one attached hydrogen (secondary N) is 1. The fourth-order valence-corrected chi connectivity index (χ4v) is 3.26. The lowest BCUT2D eigenvalue weighted by Crippen LogP contribution is -2.17. The predicted octanol–water partition coefficient (Wildman–Crippen LogP) is 6.33. The third-order valence-electron chi connectivity index (χ3n) is 4.44. The molecule has 0 atom stereocenters. The fourth-order valence-electron chi connectivity index (χ4n) is 2.86. The maximum atomic E-state index is 12.9. The number of rotatable bonds is 8. The molecule has 1 N–H and O–H groups in total. The first-order valence-electron chi connectivity index (χ1n) is 9.97. The number of nitrogens with zero attached hydrogens (tertiary/aromatic N) is 2. The van der Waals surface area contributed by atoms with Crippen molar-refractivity contribution < 1.29 is 32.4 Å². The van der Waals surface area contributed by atoms with Crippen molar-refractivity contribution in [3.8, 4) is 17.2 Å². The lowest BCUT2D eigenvalue weighted by atomic mass is 10.1. The van der Waals surface area contributed by atoms with Gasteiger partial charge in [-0.1, -0.05) is 22.0 Å². The Kier molecular flexibility index (Phi) is 8.07. The first-order chi connectivity index (χ1) is 16.6. The zero-order valence-corrected chi connectivity index (χ0v) is 19.6. The van der Waals surface area contributed by atoms with Crippen LogP contribution in [0.1, 0.15) is 28.4 Å². The van der Waals surface area contributed by atoms with Crippen LogP contribution in [0.25, 0.3) is 0 Å². The molecule has 3 aromatic carbocycles. The molecule has 0 fully saturated rings. The number of hydrogen-bond donors (Lipinski definition) is 1. The van der Waals surface area contributed by atoms with E-state index in [0.717, 1.165) is 10.5 Å². The van der Waals surface area contributed by atoms with Gasteiger partial charge in [0.1, 0.15) is 0 Å². The molecule has 0 unspecified atom stereocenters. The molecule has 0 aliphatic carbocycles. The smallest absolute Gasteiger partial charge is 0.416 e. The first kappa shape index (κ1) is 25.7. The van der Waals surface area contributed by atoms with Gasteiger partial charge >= 0.3 is 11.9 Å². The highest BCUT2D eigenvalue weighted by molar-refractivity contribution is 9.10. The minimum Gasteiger partial charge on any atom is -0.490 e. The molecule has 0 aliphatic rings. The molecule has 3 rings (SSSR count). The maximum absolute atomic E-state index is 12.9. The van der Waals surface area contributed by atoms with Gasteiger partial charge in [0.05, 0.1) is 23.3 Å². The zero-order valence-electron chi connectivity index (χ0n) is 18.0. The average molecular weight is 552 g/mol. The third kappa shape index (κ3) is 6.79. The summed E-state index contributed by atoms with van der Waals surface area (Å²) in [6.45, 7) is 1.91. The Labute approximate surface area is 205 Å². The summed E-state index contributed by atoms with van der Waals surface area (Å²) >= 11 is 3.28. The molecular formula is C23H17BrF3N3O5. The number of benzene rings is 3. The molecule has 182 valence electrons. The summed E-state index contributed by atoms with van der Waals surface area (Å²) in [6, 6.07) is 13.2. The molecule has 1 amide bonds. The van der Waals surface area contributed by atoms with Crippen LogP contribution in [0.3, 0.4) is 0 Å². The lowest BCUT2D eigenvalue weighted by molar-refractivity contribution is -0.385. The lowest BCUT2D eigenvalue weighted by Gasteiger charge is -2.13. The van der Waals surface area contributed by atoms with Crippen LogP contribution in [0.15, 0.2) is 70.2 Å². The molecule has 0 saturated carbocycles. The molecule has 0 aromatic heterocycles. The van der Waals surface area contributed by atoms with Crippen LogP contribution in [0.5, 0.6) is 17.2 Å². The molecule has 12 heteroatoms. The van der Waals surface area contributed by atoms with Crippen LogP contribution in [-0.2, 0) is 6.18 Å². The monoisotopic (exact) mass is 551 g/mol. The highest BCUT2D eigenvalue weighted by Gasteiger charge is 2.33. The topological polar surface area (TPSA) is 103 Å². The van der Waals surface area contributed by atoms with E-state index < -0.39 is 28.3 Å². The Hall–Kier alpha value is -3.93. The summed E-state index contributed by atoms with van der Waals surface area (Å²) in [5.74, 6) is -0.595. The quantitative estimate of drug-likeness (QED) is 0.200. The van der Waals surface area contributed by atoms with Gasteiger partial charge in [-0.2, -0.15) is 18.3 Å². The molecule has 0 spiro atoms. The Morgan fingerprint density at radius 2 is 1.86 bits per heavy atom. The Morgan fingerprint density at radius 3 is 2.51 bits per heavy atom. The molecule has 0 heterocycles. The number of nitro benzene ring substituents is 1. The van der Waals surface area contributed by atoms with Crippen LogP contribution in [0, 0.1) is 10.1 Å². The van der Waals surface area contributed by atoms with Crippen molar-refractivity contribution in [2.24, 2.45) is 5.10 Å². The van der Waals surface area contributed by atoms with Crippen molar-refractivity contribution in [1.82, 2.24) is 5.43 Å². The van der Waals surface area contributed by atoms with E-state index in [-0.39, 0.29) is 23.9 Å². The van der Waals surface area contributed by atoms with Gasteiger partial charge in [-0.25, -0.2) is 5.43 Å². The Balaban J connectivity index is 1.81. The maximum Gasteiger partial charge on any atom is 0.416 e. The molecule has 8 nitrogen and oxygen atoms in total. The van der Waals surface area contributed by atoms with Crippen LogP contribution >= 0.6 is 15.9 Å². The summed E-state index contributed by atoms with van der Waals surface area (Å²) < 4.78 is 50.6. The fraction of sp³-hybridized carbons (Fsp3) is 0.130. The number of nitro groups is 1. The largest absolute Gasteiger partial charge is 0.490 e. The number of hydrogen-bond acceptors (Lipinski definition) is 6. The molecule has 35 heavy (non-hydrogen) atoms. The van der Waals surface area contributed by atoms with Gasteiger partial charge in [0, 0.05) is 16.1 Å². The van der Waals surface area contributed by atoms with E-state index >= 15 is 0 Å². The summed E-state index contributed by atoms with van der Waals surface area (Å²) in [5.41, 5.74) is 1.27. The van der Waals surface area contributed by atoms with Crippen molar-refractivity contribution in [1.29, 1.82) is 0 Å². The highest BCUT2D eigenvalue weighted by Crippen LogP contribution is 2.40. The van der Waals surface area contributed by atoms with E-state index in [4.69, 9.17) is 9.47 Å². The standard InChI is InChI=1S/C23H17BrF3N3O5/c1-2-34-21-10-14(13-28-29-22(31)15-4-3-5-17(24)11-15)6-8-20(21)35-19-9-7-16(23(25,26)27)12-18(19)30(32)33/h3-13H,2H2,1H3,(H,29,31)/b28-13+. The minimum absolute atomic E-state index is 0.0463. The predicted molar refractivity (Wildman–Crippen MR) is 125 cm³/mol. The summed E-state index contributed by atoms with van der Waals surface area (Å²) in [4.78, 5) is 22.5. The van der Waals surface area contributed by atoms with Crippen LogP contribution < -0.4 is 14.9 Å². The third-order valence-corrected chi connectivity index (χ3v) is 4.93. The number of halogens is 4. The normalized spacial score (nSPS) is 11.3. The van der Waals surface area contributed by atoms with Crippen molar-refractivity contribution in [2.75, 3.05) is 6.61 Å². The van der Waals surface area contributed by atoms with Gasteiger partial charge in [-0.3, -0.25) is 14.9 Å². The molecule has 0 bridgehead atoms. The molecule has 0 radical (unpaired) electrons. The number of hydrazone groups is 1. The first-order valence-corrected chi connectivity index (χ1v) is 10.8. The second-order valence-corrected chi connectivity index (χ2v) is 7.80. The van der Waals surface area contributed by atoms with Crippen molar-refractivity contribution >= 4 is 33.7 Å². The second-order valence-electron chi connectivity index (χ2n) is 6.89. The summed E-state index contributed by atoms with van der Waals surface area (Å²) in [5, 5.41) is 15.2. The summed E-state index contributed by atoms with van der Waals surface area (Å²) in [6.07, 6.45) is -3.39. The van der Waals surface area contributed by atoms with Gasteiger partial charge < -0.3 is 9.47 Å². The van der Waals surface area contributed by atoms with Crippen molar-refractivity contribution in [3.05, 3.63) is 91.9 Å². The van der Waals surface area contributed by atoms with Gasteiger partial charge in [-0.15, -0.1) is 0 Å². The molecule has 3 aromatic rings. The zero-order chi connectivity index (χ0) is 25.6. The number of carbonyl (C=O) groups is 1. The number of ether oxygens (including phenoxy) is 2. The number of carbonyl (C=O) groups excluding carboxylic acids is 1. The van der Waals surface area contributed by atoms with Gasteiger partial charge in [0.25, 0.3) is 5.91 Å². The van der Waals surface area contributed by atoms with Crippen LogP contribution in [0.2, 0.25) is 0 Å². The number of alkyl halides is 3.